The van der Waals surface area contributed by atoms with Gasteiger partial charge in [0.25, 0.3) is 0 Å². The number of carbonyl (C=O) groups excluding carboxylic acids is 1. The molecule has 0 aliphatic carbocycles. The Balaban J connectivity index is 2.25. The Hall–Kier alpha value is -1.79. The summed E-state index contributed by atoms with van der Waals surface area (Å²) in [6, 6.07) is 5.41. The van der Waals surface area contributed by atoms with Crippen LogP contribution in [-0.4, -0.2) is 35.7 Å². The van der Waals surface area contributed by atoms with Crippen molar-refractivity contribution in [3.63, 3.8) is 0 Å². The van der Waals surface area contributed by atoms with Gasteiger partial charge in [-0.3, -0.25) is 4.90 Å². The van der Waals surface area contributed by atoms with Crippen LogP contribution < -0.4 is 9.64 Å². The van der Waals surface area contributed by atoms with Gasteiger partial charge >= 0.3 is 6.09 Å². The molecule has 1 N–H and O–H groups in total. The number of hydrogen-bond acceptors (Lipinski definition) is 5. The molecule has 2 rings (SSSR count). The van der Waals surface area contributed by atoms with Gasteiger partial charge in [-0.05, 0) is 39.0 Å². The monoisotopic (exact) mass is 323 g/mol. The lowest BCUT2D eigenvalue weighted by Crippen LogP contribution is -2.39. The highest BCUT2D eigenvalue weighted by molar-refractivity contribution is 5.88. The zero-order valence-electron chi connectivity index (χ0n) is 14.4. The smallest absolute Gasteiger partial charge is 0.414 e. The topological polar surface area (TPSA) is 68.2 Å². The number of ether oxygens (including phenoxy) is 3. The molecule has 0 aromatic heterocycles. The fraction of sp³-hybridized carbons (Fsp3) is 0.588. The number of aliphatic hydroxyl groups is 1. The summed E-state index contributed by atoms with van der Waals surface area (Å²) < 4.78 is 16.8. The zero-order chi connectivity index (χ0) is 17.3. The molecule has 0 spiro atoms. The summed E-state index contributed by atoms with van der Waals surface area (Å²) in [6.07, 6.45) is -0.496. The van der Waals surface area contributed by atoms with E-state index in [1.807, 2.05) is 26.0 Å². The van der Waals surface area contributed by atoms with Gasteiger partial charge in [-0.15, -0.1) is 0 Å². The molecule has 23 heavy (non-hydrogen) atoms. The van der Waals surface area contributed by atoms with E-state index >= 15 is 0 Å². The average molecular weight is 323 g/mol. The number of nitrogens with zero attached hydrogens (tertiary/aromatic N) is 1. The molecule has 0 fully saturated rings. The van der Waals surface area contributed by atoms with E-state index in [-0.39, 0.29) is 13.2 Å². The summed E-state index contributed by atoms with van der Waals surface area (Å²) >= 11 is 0. The summed E-state index contributed by atoms with van der Waals surface area (Å²) in [5.41, 5.74) is 0.891. The number of aliphatic hydroxyl groups excluding tert-OH is 1. The number of fused-ring (bicyclic) bond motifs is 1. The van der Waals surface area contributed by atoms with Crippen LogP contribution in [0.4, 0.5) is 10.5 Å². The van der Waals surface area contributed by atoms with E-state index < -0.39 is 17.5 Å². The van der Waals surface area contributed by atoms with Gasteiger partial charge < -0.3 is 19.3 Å². The first-order valence-electron chi connectivity index (χ1n) is 7.68. The predicted octanol–water partition coefficient (Wildman–Crippen LogP) is 3.07. The van der Waals surface area contributed by atoms with E-state index in [0.29, 0.717) is 12.3 Å². The molecule has 0 bridgehead atoms. The van der Waals surface area contributed by atoms with Crippen LogP contribution in [0.2, 0.25) is 0 Å². The van der Waals surface area contributed by atoms with Crippen LogP contribution >= 0.6 is 0 Å². The van der Waals surface area contributed by atoms with Gasteiger partial charge in [-0.2, -0.15) is 0 Å². The van der Waals surface area contributed by atoms with Crippen LogP contribution in [0.5, 0.6) is 5.75 Å². The zero-order valence-corrected chi connectivity index (χ0v) is 14.4. The number of rotatable bonds is 3. The summed E-state index contributed by atoms with van der Waals surface area (Å²) in [5, 5.41) is 9.25. The van der Waals surface area contributed by atoms with Crippen molar-refractivity contribution in [1.29, 1.82) is 0 Å². The fourth-order valence-electron chi connectivity index (χ4n) is 2.23. The van der Waals surface area contributed by atoms with Gasteiger partial charge in [0.05, 0.1) is 19.8 Å². The third-order valence-corrected chi connectivity index (χ3v) is 3.22. The van der Waals surface area contributed by atoms with Crippen molar-refractivity contribution < 1.29 is 24.1 Å². The molecule has 6 heteroatoms. The minimum Gasteiger partial charge on any atom is -0.463 e. The van der Waals surface area contributed by atoms with E-state index in [1.165, 1.54) is 4.90 Å². The molecule has 0 saturated carbocycles. The van der Waals surface area contributed by atoms with Crippen LogP contribution in [0.1, 0.15) is 40.2 Å². The van der Waals surface area contributed by atoms with E-state index in [9.17, 15) is 9.90 Å². The second-order valence-corrected chi connectivity index (χ2v) is 6.94. The molecule has 1 aliphatic heterocycles. The van der Waals surface area contributed by atoms with Crippen LogP contribution in [-0.2, 0) is 16.1 Å². The highest BCUT2D eigenvalue weighted by Crippen LogP contribution is 2.34. The molecule has 1 aliphatic rings. The van der Waals surface area contributed by atoms with Crippen molar-refractivity contribution in [2.24, 2.45) is 0 Å². The Kier molecular flexibility index (Phi) is 4.87. The van der Waals surface area contributed by atoms with Gasteiger partial charge in [-0.1, -0.05) is 0 Å². The van der Waals surface area contributed by atoms with Gasteiger partial charge in [0.15, 0.2) is 0 Å². The number of carbonyl (C=O) groups is 1. The molecule has 128 valence electrons. The summed E-state index contributed by atoms with van der Waals surface area (Å²) in [4.78, 5) is 13.8. The molecule has 0 radical (unpaired) electrons. The Bertz CT molecular complexity index is 577. The molecular formula is C17H25NO5. The van der Waals surface area contributed by atoms with Gasteiger partial charge in [-0.25, -0.2) is 4.79 Å². The molecule has 0 saturated heterocycles. The second kappa shape index (κ2) is 6.37. The van der Waals surface area contributed by atoms with Gasteiger partial charge in [0, 0.05) is 25.1 Å². The molecule has 1 aromatic carbocycles. The quantitative estimate of drug-likeness (QED) is 0.926. The minimum atomic E-state index is -0.662. The molecule has 1 aromatic rings. The maximum absolute atomic E-state index is 12.4. The molecule has 1 heterocycles. The summed E-state index contributed by atoms with van der Waals surface area (Å²) in [7, 11) is 0. The first-order chi connectivity index (χ1) is 10.6. The third-order valence-electron chi connectivity index (χ3n) is 3.22. The lowest BCUT2D eigenvalue weighted by molar-refractivity contribution is -0.180. The number of amides is 1. The molecular weight excluding hydrogens is 298 g/mol. The van der Waals surface area contributed by atoms with Crippen LogP contribution in [0, 0.1) is 0 Å². The highest BCUT2D eigenvalue weighted by atomic mass is 16.7. The third kappa shape index (κ3) is 4.59. The Labute approximate surface area is 136 Å². The van der Waals surface area contributed by atoms with Gasteiger partial charge in [0.2, 0.25) is 5.79 Å². The molecule has 1 amide bonds. The number of benzene rings is 1. The van der Waals surface area contributed by atoms with Crippen molar-refractivity contribution in [3.05, 3.63) is 23.8 Å². The maximum atomic E-state index is 12.4. The maximum Gasteiger partial charge on any atom is 0.414 e. The van der Waals surface area contributed by atoms with Crippen LogP contribution in [0.15, 0.2) is 18.2 Å². The highest BCUT2D eigenvalue weighted by Gasteiger charge is 2.29. The normalized spacial score (nSPS) is 16.3. The standard InChI is InChI=1S/C17H25NO5/c1-16(2,3)23-15(20)18(8-9-19)13-6-7-14-12(10-13)11-21-17(4,5)22-14/h6-7,10,19H,8-9,11H2,1-5H3. The van der Waals surface area contributed by atoms with Gasteiger partial charge in [0.1, 0.15) is 11.4 Å². The Morgan fingerprint density at radius 1 is 1.39 bits per heavy atom. The van der Waals surface area contributed by atoms with E-state index in [0.717, 1.165) is 11.3 Å². The minimum absolute atomic E-state index is 0.154. The molecule has 6 nitrogen and oxygen atoms in total. The largest absolute Gasteiger partial charge is 0.463 e. The van der Waals surface area contributed by atoms with Crippen molar-refractivity contribution in [2.45, 2.75) is 52.6 Å². The molecule has 0 unspecified atom stereocenters. The average Bonchev–Trinajstić information content (AvgIpc) is 2.41. The van der Waals surface area contributed by atoms with E-state index in [1.54, 1.807) is 26.8 Å². The van der Waals surface area contributed by atoms with Crippen LogP contribution in [0.3, 0.4) is 0 Å². The first kappa shape index (κ1) is 17.6. The predicted molar refractivity (Wildman–Crippen MR) is 86.6 cm³/mol. The second-order valence-electron chi connectivity index (χ2n) is 6.94. The summed E-state index contributed by atoms with van der Waals surface area (Å²) in [5.74, 6) is 0.0722. The number of hydrogen-bond donors (Lipinski definition) is 1. The van der Waals surface area contributed by atoms with Crippen molar-refractivity contribution in [3.8, 4) is 5.75 Å². The van der Waals surface area contributed by atoms with Crippen molar-refractivity contribution in [1.82, 2.24) is 0 Å². The Morgan fingerprint density at radius 3 is 2.70 bits per heavy atom. The number of anilines is 1. The fourth-order valence-corrected chi connectivity index (χ4v) is 2.23. The summed E-state index contributed by atoms with van der Waals surface area (Å²) in [6.45, 7) is 9.51. The molecule has 0 atom stereocenters. The van der Waals surface area contributed by atoms with E-state index in [4.69, 9.17) is 14.2 Å². The van der Waals surface area contributed by atoms with Crippen LogP contribution in [0.25, 0.3) is 0 Å². The van der Waals surface area contributed by atoms with E-state index in [2.05, 4.69) is 0 Å². The Morgan fingerprint density at radius 2 is 2.09 bits per heavy atom. The first-order valence-corrected chi connectivity index (χ1v) is 7.68. The lowest BCUT2D eigenvalue weighted by Gasteiger charge is -2.33. The lowest BCUT2D eigenvalue weighted by atomic mass is 10.1. The van der Waals surface area contributed by atoms with Crippen molar-refractivity contribution in [2.75, 3.05) is 18.1 Å². The van der Waals surface area contributed by atoms with Crippen molar-refractivity contribution >= 4 is 11.8 Å². The SMILES string of the molecule is CC(C)(C)OC(=O)N(CCO)c1ccc2c(c1)COC(C)(C)O2.